The molecular weight excluding hydrogens is 328 g/mol. The van der Waals surface area contributed by atoms with Crippen molar-refractivity contribution in [1.82, 2.24) is 4.90 Å². The van der Waals surface area contributed by atoms with Crippen LogP contribution in [-0.2, 0) is 4.79 Å². The van der Waals surface area contributed by atoms with Crippen LogP contribution in [-0.4, -0.2) is 36.6 Å². The lowest BCUT2D eigenvalue weighted by Gasteiger charge is -2.10. The number of Topliss-reactive ketones (excluding diaryl/α,β-unsaturated/α-hetero) is 1. The van der Waals surface area contributed by atoms with Gasteiger partial charge in [-0.3, -0.25) is 14.4 Å². The Morgan fingerprint density at radius 3 is 2.15 bits per heavy atom. The van der Waals surface area contributed by atoms with Gasteiger partial charge in [0.05, 0.1) is 0 Å². The molecule has 0 fully saturated rings. The molecule has 0 saturated carbocycles. The Bertz CT molecular complexity index is 865. The molecule has 0 heterocycles. The maximum atomic E-state index is 12.1. The number of carbonyl (C=O) groups is 3. The van der Waals surface area contributed by atoms with Crippen molar-refractivity contribution in [2.45, 2.75) is 13.8 Å². The van der Waals surface area contributed by atoms with E-state index in [2.05, 4.69) is 5.32 Å². The first-order valence-corrected chi connectivity index (χ1v) is 8.20. The summed E-state index contributed by atoms with van der Waals surface area (Å²) in [6.45, 7) is 3.35. The molecule has 0 saturated heterocycles. The van der Waals surface area contributed by atoms with Gasteiger partial charge in [-0.1, -0.05) is 24.3 Å². The van der Waals surface area contributed by atoms with E-state index in [-0.39, 0.29) is 17.6 Å². The molecule has 0 aliphatic carbocycles. The van der Waals surface area contributed by atoms with Gasteiger partial charge in [0.1, 0.15) is 0 Å². The van der Waals surface area contributed by atoms with Gasteiger partial charge in [-0.2, -0.15) is 0 Å². The van der Waals surface area contributed by atoms with E-state index in [1.165, 1.54) is 17.9 Å². The topological polar surface area (TPSA) is 66.5 Å². The van der Waals surface area contributed by atoms with E-state index < -0.39 is 0 Å². The number of nitrogens with zero attached hydrogens (tertiary/aromatic N) is 1. The molecule has 26 heavy (non-hydrogen) atoms. The van der Waals surface area contributed by atoms with E-state index in [9.17, 15) is 14.4 Å². The first-order valence-electron chi connectivity index (χ1n) is 8.20. The molecule has 0 spiro atoms. The van der Waals surface area contributed by atoms with Crippen molar-refractivity contribution < 1.29 is 14.4 Å². The Morgan fingerprint density at radius 1 is 0.962 bits per heavy atom. The molecule has 2 aromatic rings. The first kappa shape index (κ1) is 19.1. The number of benzene rings is 2. The van der Waals surface area contributed by atoms with Crippen LogP contribution in [0.3, 0.4) is 0 Å². The fraction of sp³-hybridized carbons (Fsp3) is 0.190. The summed E-state index contributed by atoms with van der Waals surface area (Å²) in [5, 5.41) is 2.78. The molecule has 5 nitrogen and oxygen atoms in total. The van der Waals surface area contributed by atoms with Crippen molar-refractivity contribution in [2.24, 2.45) is 0 Å². The van der Waals surface area contributed by atoms with Gasteiger partial charge >= 0.3 is 0 Å². The Kier molecular flexibility index (Phi) is 6.07. The molecule has 0 radical (unpaired) electrons. The average molecular weight is 350 g/mol. The second-order valence-electron chi connectivity index (χ2n) is 6.23. The molecule has 1 N–H and O–H groups in total. The highest BCUT2D eigenvalue weighted by Gasteiger charge is 2.07. The van der Waals surface area contributed by atoms with Crippen molar-refractivity contribution in [3.05, 3.63) is 70.8 Å². The number of anilines is 1. The first-order chi connectivity index (χ1) is 12.3. The summed E-state index contributed by atoms with van der Waals surface area (Å²) in [6, 6.07) is 12.2. The summed E-state index contributed by atoms with van der Waals surface area (Å²) >= 11 is 0. The van der Waals surface area contributed by atoms with Crippen molar-refractivity contribution in [3.63, 3.8) is 0 Å². The Labute approximate surface area is 153 Å². The molecule has 134 valence electrons. The van der Waals surface area contributed by atoms with Crippen molar-refractivity contribution in [1.29, 1.82) is 0 Å². The summed E-state index contributed by atoms with van der Waals surface area (Å²) in [4.78, 5) is 37.0. The van der Waals surface area contributed by atoms with Gasteiger partial charge in [-0.25, -0.2) is 0 Å². The number of aryl methyl sites for hydroxylation is 1. The molecule has 0 aliphatic heterocycles. The third kappa shape index (κ3) is 4.89. The van der Waals surface area contributed by atoms with Crippen LogP contribution < -0.4 is 5.32 Å². The monoisotopic (exact) mass is 350 g/mol. The lowest BCUT2D eigenvalue weighted by atomic mass is 10.1. The standard InChI is InChI=1S/C21H22N2O3/c1-14-5-9-18(15(2)24)13-19(14)22-20(25)12-8-16-6-10-17(11-7-16)21(26)23(3)4/h5-13H,1-4H3,(H,22,25)/b12-8+. The molecule has 2 rings (SSSR count). The number of hydrogen-bond donors (Lipinski definition) is 1. The normalized spacial score (nSPS) is 10.6. The van der Waals surface area contributed by atoms with E-state index in [1.807, 2.05) is 6.92 Å². The van der Waals surface area contributed by atoms with Crippen molar-refractivity contribution in [3.8, 4) is 0 Å². The fourth-order valence-electron chi connectivity index (χ4n) is 2.32. The molecular formula is C21H22N2O3. The zero-order chi connectivity index (χ0) is 19.3. The largest absolute Gasteiger partial charge is 0.345 e. The second kappa shape index (κ2) is 8.25. The van der Waals surface area contributed by atoms with E-state index >= 15 is 0 Å². The Balaban J connectivity index is 2.07. The summed E-state index contributed by atoms with van der Waals surface area (Å²) in [6.07, 6.45) is 3.09. The Morgan fingerprint density at radius 2 is 1.58 bits per heavy atom. The van der Waals surface area contributed by atoms with Crippen LogP contribution >= 0.6 is 0 Å². The molecule has 0 aliphatic rings. The molecule has 2 amide bonds. The molecule has 5 heteroatoms. The second-order valence-corrected chi connectivity index (χ2v) is 6.23. The van der Waals surface area contributed by atoms with Gasteiger partial charge in [-0.15, -0.1) is 0 Å². The van der Waals surface area contributed by atoms with Crippen molar-refractivity contribution in [2.75, 3.05) is 19.4 Å². The summed E-state index contributed by atoms with van der Waals surface area (Å²) in [7, 11) is 3.40. The van der Waals surface area contributed by atoms with Gasteiger partial charge in [0.2, 0.25) is 5.91 Å². The van der Waals surface area contributed by atoms with Crippen molar-refractivity contribution >= 4 is 29.4 Å². The minimum absolute atomic E-state index is 0.0524. The number of amides is 2. The van der Waals surface area contributed by atoms with E-state index in [1.54, 1.807) is 62.6 Å². The maximum Gasteiger partial charge on any atom is 0.253 e. The molecule has 0 atom stereocenters. The van der Waals surface area contributed by atoms with Crippen LogP contribution in [0.5, 0.6) is 0 Å². The van der Waals surface area contributed by atoms with Gasteiger partial charge in [0.25, 0.3) is 5.91 Å². The van der Waals surface area contributed by atoms with E-state index in [0.717, 1.165) is 11.1 Å². The quantitative estimate of drug-likeness (QED) is 0.662. The minimum atomic E-state index is -0.290. The van der Waals surface area contributed by atoms with Gasteiger partial charge in [0.15, 0.2) is 5.78 Å². The smallest absolute Gasteiger partial charge is 0.253 e. The summed E-state index contributed by atoms with van der Waals surface area (Å²) < 4.78 is 0. The van der Waals surface area contributed by atoms with Crippen LogP contribution in [0.25, 0.3) is 6.08 Å². The zero-order valence-electron chi connectivity index (χ0n) is 15.4. The van der Waals surface area contributed by atoms with Crippen LogP contribution in [0.4, 0.5) is 5.69 Å². The summed E-state index contributed by atoms with van der Waals surface area (Å²) in [5.41, 5.74) is 3.44. The van der Waals surface area contributed by atoms with E-state index in [4.69, 9.17) is 0 Å². The minimum Gasteiger partial charge on any atom is -0.345 e. The molecule has 2 aromatic carbocycles. The maximum absolute atomic E-state index is 12.1. The lowest BCUT2D eigenvalue weighted by molar-refractivity contribution is -0.111. The average Bonchev–Trinajstić information content (AvgIpc) is 2.61. The van der Waals surface area contributed by atoms with Gasteiger partial charge < -0.3 is 10.2 Å². The zero-order valence-corrected chi connectivity index (χ0v) is 15.4. The number of ketones is 1. The van der Waals surface area contributed by atoms with Crippen LogP contribution in [0.2, 0.25) is 0 Å². The number of hydrogen-bond acceptors (Lipinski definition) is 3. The van der Waals surface area contributed by atoms with Gasteiger partial charge in [-0.05, 0) is 49.2 Å². The third-order valence-electron chi connectivity index (χ3n) is 3.89. The molecule has 0 bridgehead atoms. The molecule has 0 aromatic heterocycles. The Hall–Kier alpha value is -3.21. The highest BCUT2D eigenvalue weighted by molar-refractivity contribution is 6.03. The fourth-order valence-corrected chi connectivity index (χ4v) is 2.32. The number of nitrogens with one attached hydrogen (secondary N) is 1. The predicted octanol–water partition coefficient (Wildman–Crippen LogP) is 3.55. The van der Waals surface area contributed by atoms with Crippen LogP contribution in [0, 0.1) is 6.92 Å². The predicted molar refractivity (Wildman–Crippen MR) is 103 cm³/mol. The number of rotatable bonds is 5. The highest BCUT2D eigenvalue weighted by atomic mass is 16.2. The highest BCUT2D eigenvalue weighted by Crippen LogP contribution is 2.17. The number of carbonyl (C=O) groups excluding carboxylic acids is 3. The SMILES string of the molecule is CC(=O)c1ccc(C)c(NC(=O)/C=C/c2ccc(C(=O)N(C)C)cc2)c1. The van der Waals surface area contributed by atoms with Crippen LogP contribution in [0.1, 0.15) is 38.8 Å². The molecule has 0 unspecified atom stereocenters. The van der Waals surface area contributed by atoms with Crippen LogP contribution in [0.15, 0.2) is 48.5 Å². The third-order valence-corrected chi connectivity index (χ3v) is 3.89. The van der Waals surface area contributed by atoms with E-state index in [0.29, 0.717) is 16.8 Å². The lowest BCUT2D eigenvalue weighted by Crippen LogP contribution is -2.21. The van der Waals surface area contributed by atoms with Gasteiger partial charge in [0, 0.05) is 37.0 Å². The summed E-state index contributed by atoms with van der Waals surface area (Å²) in [5.74, 6) is -0.412.